The van der Waals surface area contributed by atoms with E-state index in [4.69, 9.17) is 4.74 Å². The lowest BCUT2D eigenvalue weighted by molar-refractivity contribution is 0.242. The van der Waals surface area contributed by atoms with Gasteiger partial charge in [0, 0.05) is 6.42 Å². The van der Waals surface area contributed by atoms with Crippen LogP contribution in [0.25, 0.3) is 16.9 Å². The summed E-state index contributed by atoms with van der Waals surface area (Å²) >= 11 is 0. The van der Waals surface area contributed by atoms with E-state index in [1.165, 1.54) is 0 Å². The normalized spacial score (nSPS) is 16.4. The molecule has 0 aliphatic carbocycles. The predicted molar refractivity (Wildman–Crippen MR) is 88.4 cm³/mol. The highest BCUT2D eigenvalue weighted by Crippen LogP contribution is 2.32. The van der Waals surface area contributed by atoms with Crippen LogP contribution in [0, 0.1) is 13.8 Å². The smallest absolute Gasteiger partial charge is 0.216 e. The van der Waals surface area contributed by atoms with Crippen molar-refractivity contribution in [2.75, 3.05) is 0 Å². The van der Waals surface area contributed by atoms with E-state index < -0.39 is 0 Å². The highest BCUT2D eigenvalue weighted by atomic mass is 16.5. The fourth-order valence-corrected chi connectivity index (χ4v) is 3.01. The van der Waals surface area contributed by atoms with Gasteiger partial charge in [0.05, 0.1) is 22.6 Å². The van der Waals surface area contributed by atoms with E-state index in [-0.39, 0.29) is 11.5 Å². The van der Waals surface area contributed by atoms with Crippen molar-refractivity contribution in [2.24, 2.45) is 0 Å². The molecule has 1 aliphatic rings. The Morgan fingerprint density at radius 2 is 1.83 bits per heavy atom. The van der Waals surface area contributed by atoms with Crippen LogP contribution in [0.15, 0.2) is 35.1 Å². The molecular weight excluding hydrogens is 290 g/mol. The van der Waals surface area contributed by atoms with Crippen molar-refractivity contribution in [3.8, 4) is 11.6 Å². The lowest BCUT2D eigenvalue weighted by Gasteiger charge is -2.16. The highest BCUT2D eigenvalue weighted by molar-refractivity contribution is 5.76. The van der Waals surface area contributed by atoms with Crippen LogP contribution >= 0.6 is 0 Å². The molecule has 23 heavy (non-hydrogen) atoms. The minimum Gasteiger partial charge on any atom is -0.475 e. The van der Waals surface area contributed by atoms with Crippen molar-refractivity contribution in [3.63, 3.8) is 0 Å². The second-order valence-electron chi connectivity index (χ2n) is 5.98. The molecule has 116 valence electrons. The van der Waals surface area contributed by atoms with E-state index in [2.05, 4.69) is 9.97 Å². The second kappa shape index (κ2) is 4.91. The molecule has 0 saturated heterocycles. The molecule has 3 heterocycles. The maximum atomic E-state index is 12.8. The zero-order valence-corrected chi connectivity index (χ0v) is 13.3. The van der Waals surface area contributed by atoms with E-state index in [1.807, 2.05) is 55.7 Å². The Bertz CT molecular complexity index is 977. The fraction of sp³-hybridized carbons (Fsp3) is 0.278. The number of ether oxygens (including phenoxy) is 1. The number of aromatic nitrogens is 3. The summed E-state index contributed by atoms with van der Waals surface area (Å²) in [6.07, 6.45) is 0.581. The molecule has 1 aromatic carbocycles. The fourth-order valence-electron chi connectivity index (χ4n) is 3.01. The summed E-state index contributed by atoms with van der Waals surface area (Å²) in [5.74, 6) is 0.596. The Morgan fingerprint density at radius 1 is 1.13 bits per heavy atom. The number of nitrogens with zero attached hydrogens (tertiary/aromatic N) is 3. The molecule has 2 aromatic heterocycles. The van der Waals surface area contributed by atoms with E-state index in [9.17, 15) is 4.79 Å². The molecule has 0 N–H and O–H groups in total. The molecule has 4 rings (SSSR count). The number of fused-ring (bicyclic) bond motifs is 2. The van der Waals surface area contributed by atoms with Crippen LogP contribution < -0.4 is 10.2 Å². The number of aryl methyl sites for hydroxylation is 2. The summed E-state index contributed by atoms with van der Waals surface area (Å²) in [4.78, 5) is 22.0. The number of rotatable bonds is 1. The molecule has 1 aliphatic heterocycles. The third kappa shape index (κ3) is 2.04. The summed E-state index contributed by atoms with van der Waals surface area (Å²) in [5.41, 5.74) is 4.09. The van der Waals surface area contributed by atoms with Gasteiger partial charge in [-0.25, -0.2) is 9.97 Å². The van der Waals surface area contributed by atoms with Crippen molar-refractivity contribution in [2.45, 2.75) is 33.3 Å². The molecule has 1 unspecified atom stereocenters. The first-order valence-corrected chi connectivity index (χ1v) is 7.71. The van der Waals surface area contributed by atoms with Gasteiger partial charge < -0.3 is 4.74 Å². The molecule has 1 atom stereocenters. The number of hydrogen-bond acceptors (Lipinski definition) is 4. The molecule has 0 saturated carbocycles. The van der Waals surface area contributed by atoms with Crippen LogP contribution in [0.2, 0.25) is 0 Å². The standard InChI is InChI=1S/C18H17N3O2/c1-10-9-14-16(22)15-17(20-12(3)11(2)19-15)21(18(14)23-10)13-7-5-4-6-8-13/h4-8,10H,9H2,1-3H3. The van der Waals surface area contributed by atoms with Gasteiger partial charge in [0.15, 0.2) is 11.2 Å². The lowest BCUT2D eigenvalue weighted by Crippen LogP contribution is -2.16. The quantitative estimate of drug-likeness (QED) is 0.693. The van der Waals surface area contributed by atoms with Crippen LogP contribution in [0.1, 0.15) is 23.9 Å². The highest BCUT2D eigenvalue weighted by Gasteiger charge is 2.29. The SMILES string of the molecule is Cc1nc2c(=O)c3c(n(-c4ccccc4)c2nc1C)OC(C)C3. The van der Waals surface area contributed by atoms with E-state index in [0.717, 1.165) is 17.1 Å². The average Bonchev–Trinajstić information content (AvgIpc) is 2.92. The number of hydrogen-bond donors (Lipinski definition) is 0. The topological polar surface area (TPSA) is 57.0 Å². The minimum atomic E-state index is -0.0675. The van der Waals surface area contributed by atoms with Crippen LogP contribution in [-0.2, 0) is 6.42 Å². The van der Waals surface area contributed by atoms with Gasteiger partial charge >= 0.3 is 0 Å². The summed E-state index contributed by atoms with van der Waals surface area (Å²) in [6.45, 7) is 5.75. The third-order valence-electron chi connectivity index (χ3n) is 4.27. The minimum absolute atomic E-state index is 0.0216. The van der Waals surface area contributed by atoms with Gasteiger partial charge in [-0.15, -0.1) is 0 Å². The van der Waals surface area contributed by atoms with Crippen molar-refractivity contribution in [1.82, 2.24) is 14.5 Å². The van der Waals surface area contributed by atoms with Crippen molar-refractivity contribution in [3.05, 3.63) is 57.5 Å². The number of benzene rings is 1. The lowest BCUT2D eigenvalue weighted by atomic mass is 10.1. The second-order valence-corrected chi connectivity index (χ2v) is 5.98. The maximum Gasteiger partial charge on any atom is 0.216 e. The van der Waals surface area contributed by atoms with E-state index >= 15 is 0 Å². The molecule has 0 fully saturated rings. The van der Waals surface area contributed by atoms with Gasteiger partial charge in [-0.3, -0.25) is 9.36 Å². The number of pyridine rings is 1. The summed E-state index contributed by atoms with van der Waals surface area (Å²) in [6, 6.07) is 9.83. The van der Waals surface area contributed by atoms with Crippen molar-refractivity contribution < 1.29 is 4.74 Å². The van der Waals surface area contributed by atoms with Gasteiger partial charge in [-0.2, -0.15) is 0 Å². The van der Waals surface area contributed by atoms with E-state index in [1.54, 1.807) is 0 Å². The molecule has 0 spiro atoms. The van der Waals surface area contributed by atoms with Gasteiger partial charge in [0.25, 0.3) is 0 Å². The predicted octanol–water partition coefficient (Wildman–Crippen LogP) is 2.72. The first kappa shape index (κ1) is 13.9. The Balaban J connectivity index is 2.19. The molecule has 0 bridgehead atoms. The Hall–Kier alpha value is -2.69. The first-order valence-electron chi connectivity index (χ1n) is 7.71. The first-order chi connectivity index (χ1) is 11.1. The van der Waals surface area contributed by atoms with Crippen molar-refractivity contribution in [1.29, 1.82) is 0 Å². The molecule has 0 radical (unpaired) electrons. The Kier molecular flexibility index (Phi) is 2.98. The zero-order valence-electron chi connectivity index (χ0n) is 13.3. The van der Waals surface area contributed by atoms with Gasteiger partial charge in [-0.1, -0.05) is 18.2 Å². The van der Waals surface area contributed by atoms with Crippen LogP contribution in [0.3, 0.4) is 0 Å². The van der Waals surface area contributed by atoms with Crippen molar-refractivity contribution >= 4 is 11.2 Å². The Morgan fingerprint density at radius 3 is 2.57 bits per heavy atom. The van der Waals surface area contributed by atoms with Crippen LogP contribution in [-0.4, -0.2) is 20.6 Å². The van der Waals surface area contributed by atoms with Crippen LogP contribution in [0.4, 0.5) is 0 Å². The summed E-state index contributed by atoms with van der Waals surface area (Å²) in [7, 11) is 0. The van der Waals surface area contributed by atoms with Crippen LogP contribution in [0.5, 0.6) is 5.88 Å². The van der Waals surface area contributed by atoms with E-state index in [0.29, 0.717) is 29.0 Å². The van der Waals surface area contributed by atoms with Gasteiger partial charge in [0.2, 0.25) is 11.3 Å². The number of para-hydroxylation sites is 1. The van der Waals surface area contributed by atoms with Gasteiger partial charge in [0.1, 0.15) is 6.10 Å². The largest absolute Gasteiger partial charge is 0.475 e. The maximum absolute atomic E-state index is 12.8. The molecule has 0 amide bonds. The zero-order chi connectivity index (χ0) is 16.1. The summed E-state index contributed by atoms with van der Waals surface area (Å²) in [5, 5.41) is 0. The van der Waals surface area contributed by atoms with Gasteiger partial charge in [-0.05, 0) is 32.9 Å². The third-order valence-corrected chi connectivity index (χ3v) is 4.27. The average molecular weight is 307 g/mol. The molecule has 5 heteroatoms. The summed E-state index contributed by atoms with van der Waals surface area (Å²) < 4.78 is 7.86. The molecular formula is C18H17N3O2. The molecule has 5 nitrogen and oxygen atoms in total. The Labute approximate surface area is 133 Å². The monoisotopic (exact) mass is 307 g/mol. The molecule has 3 aromatic rings.